The fraction of sp³-hybridized carbons (Fsp3) is 0.625. The molecule has 0 radical (unpaired) electrons. The Morgan fingerprint density at radius 3 is 2.67 bits per heavy atom. The molecule has 0 unspecified atom stereocenters. The minimum absolute atomic E-state index is 0.575. The second-order valence-electron chi connectivity index (χ2n) is 5.44. The van der Waals surface area contributed by atoms with Crippen molar-refractivity contribution in [1.29, 1.82) is 0 Å². The maximum absolute atomic E-state index is 6.12. The predicted octanol–water partition coefficient (Wildman–Crippen LogP) is 3.84. The summed E-state index contributed by atoms with van der Waals surface area (Å²) in [4.78, 5) is 2.55. The molecule has 0 amide bonds. The second-order valence-corrected chi connectivity index (χ2v) is 6.28. The van der Waals surface area contributed by atoms with Crippen LogP contribution in [-0.2, 0) is 0 Å². The first-order chi connectivity index (χ1) is 10.2. The summed E-state index contributed by atoms with van der Waals surface area (Å²) in [6, 6.07) is 6.03. The van der Waals surface area contributed by atoms with Crippen molar-refractivity contribution >= 4 is 23.2 Å². The van der Waals surface area contributed by atoms with E-state index in [-0.39, 0.29) is 0 Å². The average Bonchev–Trinajstić information content (AvgIpc) is 2.49. The Hall–Kier alpha value is -0.480. The normalized spacial score (nSPS) is 16.4. The molecule has 0 aromatic heterocycles. The van der Waals surface area contributed by atoms with Crippen LogP contribution >= 0.6 is 23.2 Å². The molecule has 0 atom stereocenters. The molecule has 1 N–H and O–H groups in total. The van der Waals surface area contributed by atoms with Gasteiger partial charge in [0, 0.05) is 17.6 Å². The van der Waals surface area contributed by atoms with Crippen LogP contribution in [0.3, 0.4) is 0 Å². The first kappa shape index (κ1) is 16.9. The smallest absolute Gasteiger partial charge is 0.138 e. The van der Waals surface area contributed by atoms with Crippen molar-refractivity contribution in [2.75, 3.05) is 32.8 Å². The highest BCUT2D eigenvalue weighted by Gasteiger charge is 2.20. The molecular weight excluding hydrogens is 307 g/mol. The highest BCUT2D eigenvalue weighted by Crippen LogP contribution is 2.27. The standard InChI is InChI=1S/C16H24Cl2N2O/c1-2-9-20(14-5-7-19-8-6-14)10-11-21-16-4-3-13(17)12-15(16)18/h3-4,12,14,19H,2,5-11H2,1H3. The number of halogens is 2. The van der Waals surface area contributed by atoms with Crippen LogP contribution in [-0.4, -0.2) is 43.7 Å². The Bertz CT molecular complexity index is 436. The van der Waals surface area contributed by atoms with Crippen molar-refractivity contribution < 1.29 is 4.74 Å². The Morgan fingerprint density at radius 1 is 1.24 bits per heavy atom. The third-order valence-corrected chi connectivity index (χ3v) is 4.40. The third-order valence-electron chi connectivity index (χ3n) is 3.87. The van der Waals surface area contributed by atoms with E-state index < -0.39 is 0 Å². The average molecular weight is 331 g/mol. The zero-order valence-corrected chi connectivity index (χ0v) is 14.1. The van der Waals surface area contributed by atoms with Crippen LogP contribution in [0.25, 0.3) is 0 Å². The summed E-state index contributed by atoms with van der Waals surface area (Å²) in [5.41, 5.74) is 0. The van der Waals surface area contributed by atoms with Gasteiger partial charge in [-0.2, -0.15) is 0 Å². The second kappa shape index (κ2) is 8.84. The van der Waals surface area contributed by atoms with Gasteiger partial charge >= 0.3 is 0 Å². The van der Waals surface area contributed by atoms with Gasteiger partial charge in [0.2, 0.25) is 0 Å². The van der Waals surface area contributed by atoms with Gasteiger partial charge in [0.15, 0.2) is 0 Å². The minimum atomic E-state index is 0.575. The fourth-order valence-electron chi connectivity index (χ4n) is 2.80. The van der Waals surface area contributed by atoms with Crippen molar-refractivity contribution in [3.05, 3.63) is 28.2 Å². The van der Waals surface area contributed by atoms with E-state index in [1.165, 1.54) is 19.3 Å². The highest BCUT2D eigenvalue weighted by atomic mass is 35.5. The number of ether oxygens (including phenoxy) is 1. The minimum Gasteiger partial charge on any atom is -0.491 e. The van der Waals surface area contributed by atoms with Crippen LogP contribution in [0.5, 0.6) is 5.75 Å². The van der Waals surface area contributed by atoms with Crippen molar-refractivity contribution in [1.82, 2.24) is 10.2 Å². The number of benzene rings is 1. The van der Waals surface area contributed by atoms with Gasteiger partial charge in [-0.1, -0.05) is 30.1 Å². The highest BCUT2D eigenvalue weighted by molar-refractivity contribution is 6.35. The molecule has 1 heterocycles. The molecule has 3 nitrogen and oxygen atoms in total. The molecule has 118 valence electrons. The summed E-state index contributed by atoms with van der Waals surface area (Å²) in [6.45, 7) is 7.19. The first-order valence-corrected chi connectivity index (χ1v) is 8.49. The van der Waals surface area contributed by atoms with E-state index in [0.717, 1.165) is 26.2 Å². The van der Waals surface area contributed by atoms with E-state index in [0.29, 0.717) is 28.4 Å². The molecular formula is C16H24Cl2N2O. The molecule has 1 aromatic rings. The third kappa shape index (κ3) is 5.33. The van der Waals surface area contributed by atoms with Crippen LogP contribution in [0.4, 0.5) is 0 Å². The number of piperidine rings is 1. The molecule has 2 rings (SSSR count). The van der Waals surface area contributed by atoms with E-state index >= 15 is 0 Å². The van der Waals surface area contributed by atoms with Gasteiger partial charge in [0.1, 0.15) is 12.4 Å². The molecule has 1 aliphatic rings. The Morgan fingerprint density at radius 2 is 2.00 bits per heavy atom. The summed E-state index contributed by atoms with van der Waals surface area (Å²) in [5.74, 6) is 0.711. The summed E-state index contributed by atoms with van der Waals surface area (Å²) in [7, 11) is 0. The van der Waals surface area contributed by atoms with Gasteiger partial charge in [-0.15, -0.1) is 0 Å². The zero-order valence-electron chi connectivity index (χ0n) is 12.6. The van der Waals surface area contributed by atoms with Gasteiger partial charge in [-0.25, -0.2) is 0 Å². The molecule has 0 aliphatic carbocycles. The van der Waals surface area contributed by atoms with Gasteiger partial charge in [0.25, 0.3) is 0 Å². The Kier molecular flexibility index (Phi) is 7.11. The molecule has 0 saturated carbocycles. The molecule has 0 spiro atoms. The van der Waals surface area contributed by atoms with Crippen LogP contribution in [0.2, 0.25) is 10.0 Å². The Balaban J connectivity index is 1.83. The number of nitrogens with zero attached hydrogens (tertiary/aromatic N) is 1. The summed E-state index contributed by atoms with van der Waals surface area (Å²) in [5, 5.41) is 4.63. The quantitative estimate of drug-likeness (QED) is 0.822. The summed E-state index contributed by atoms with van der Waals surface area (Å²) >= 11 is 12.0. The van der Waals surface area contributed by atoms with Crippen LogP contribution in [0, 0.1) is 0 Å². The molecule has 5 heteroatoms. The molecule has 21 heavy (non-hydrogen) atoms. The summed E-state index contributed by atoms with van der Waals surface area (Å²) < 4.78 is 5.81. The lowest BCUT2D eigenvalue weighted by atomic mass is 10.0. The monoisotopic (exact) mass is 330 g/mol. The topological polar surface area (TPSA) is 24.5 Å². The lowest BCUT2D eigenvalue weighted by Gasteiger charge is -2.34. The predicted molar refractivity (Wildman–Crippen MR) is 89.7 cm³/mol. The number of hydrogen-bond donors (Lipinski definition) is 1. The SMILES string of the molecule is CCCN(CCOc1ccc(Cl)cc1Cl)C1CCNCC1. The lowest BCUT2D eigenvalue weighted by Crippen LogP contribution is -2.45. The number of nitrogens with one attached hydrogen (secondary N) is 1. The summed E-state index contributed by atoms with van der Waals surface area (Å²) in [6.07, 6.45) is 3.62. The fourth-order valence-corrected chi connectivity index (χ4v) is 3.26. The van der Waals surface area contributed by atoms with E-state index in [1.807, 2.05) is 6.07 Å². The maximum atomic E-state index is 6.12. The lowest BCUT2D eigenvalue weighted by molar-refractivity contribution is 0.135. The molecule has 1 aromatic carbocycles. The van der Waals surface area contributed by atoms with Crippen molar-refractivity contribution in [2.24, 2.45) is 0 Å². The number of rotatable bonds is 7. The molecule has 1 fully saturated rings. The van der Waals surface area contributed by atoms with Gasteiger partial charge in [-0.3, -0.25) is 4.90 Å². The number of hydrogen-bond acceptors (Lipinski definition) is 3. The van der Waals surface area contributed by atoms with Crippen molar-refractivity contribution in [2.45, 2.75) is 32.2 Å². The van der Waals surface area contributed by atoms with E-state index in [9.17, 15) is 0 Å². The zero-order chi connectivity index (χ0) is 15.1. The van der Waals surface area contributed by atoms with Gasteiger partial charge in [-0.05, 0) is 57.1 Å². The van der Waals surface area contributed by atoms with E-state index in [1.54, 1.807) is 12.1 Å². The first-order valence-electron chi connectivity index (χ1n) is 7.73. The molecule has 0 bridgehead atoms. The van der Waals surface area contributed by atoms with E-state index in [4.69, 9.17) is 27.9 Å². The van der Waals surface area contributed by atoms with Crippen molar-refractivity contribution in [3.8, 4) is 5.75 Å². The molecule has 1 saturated heterocycles. The van der Waals surface area contributed by atoms with Crippen LogP contribution in [0.1, 0.15) is 26.2 Å². The van der Waals surface area contributed by atoms with Gasteiger partial charge in [0.05, 0.1) is 5.02 Å². The Labute approximate surface area is 137 Å². The van der Waals surface area contributed by atoms with Gasteiger partial charge < -0.3 is 10.1 Å². The largest absolute Gasteiger partial charge is 0.491 e. The van der Waals surface area contributed by atoms with Crippen molar-refractivity contribution in [3.63, 3.8) is 0 Å². The van der Waals surface area contributed by atoms with E-state index in [2.05, 4.69) is 17.1 Å². The molecule has 1 aliphatic heterocycles. The van der Waals surface area contributed by atoms with Crippen LogP contribution < -0.4 is 10.1 Å². The van der Waals surface area contributed by atoms with Crippen LogP contribution in [0.15, 0.2) is 18.2 Å². The maximum Gasteiger partial charge on any atom is 0.138 e.